The van der Waals surface area contributed by atoms with Gasteiger partial charge < -0.3 is 37.2 Å². The molecule has 1 heterocycles. The minimum atomic E-state index is -1.44. The van der Waals surface area contributed by atoms with E-state index in [4.69, 9.17) is 21.7 Å². The molecule has 3 amide bonds. The van der Waals surface area contributed by atoms with Crippen LogP contribution in [0.1, 0.15) is 52.4 Å². The number of unbranched alkanes of at least 4 members (excludes halogenated alkanes) is 1. The van der Waals surface area contributed by atoms with Crippen LogP contribution >= 0.6 is 0 Å². The number of carbonyl (C=O) groups excluding carboxylic acids is 3. The summed E-state index contributed by atoms with van der Waals surface area (Å²) in [6.07, 6.45) is 3.23. The molecule has 178 valence electrons. The fraction of sp³-hybridized carbons (Fsp3) is 0.800. The second-order valence-electron chi connectivity index (χ2n) is 8.35. The third-order valence-corrected chi connectivity index (χ3v) is 5.26. The lowest BCUT2D eigenvalue weighted by Gasteiger charge is -2.30. The average molecular weight is 444 g/mol. The van der Waals surface area contributed by atoms with Crippen molar-refractivity contribution in [3.05, 3.63) is 0 Å². The Bertz CT molecular complexity index is 629. The summed E-state index contributed by atoms with van der Waals surface area (Å²) in [5.74, 6) is -2.73. The monoisotopic (exact) mass is 443 g/mol. The number of hydrogen-bond acceptors (Lipinski definition) is 7. The molecule has 1 aliphatic rings. The number of carbonyl (C=O) groups is 4. The highest BCUT2D eigenvalue weighted by Gasteiger charge is 2.39. The highest BCUT2D eigenvalue weighted by atomic mass is 16.4. The number of nitrogens with two attached hydrogens (primary N) is 2. The fourth-order valence-corrected chi connectivity index (χ4v) is 3.57. The van der Waals surface area contributed by atoms with Gasteiger partial charge in [0.25, 0.3) is 0 Å². The number of aliphatic hydroxyl groups excluding tert-OH is 1. The Morgan fingerprint density at radius 2 is 1.81 bits per heavy atom. The van der Waals surface area contributed by atoms with Crippen LogP contribution in [0, 0.1) is 5.92 Å². The standard InChI is InChI=1S/C20H37N5O6/c1-12(2)10-14(23-17(27)13(22)6-3-4-8-21)19(29)25-9-5-7-16(25)18(28)24-15(11-26)20(30)31/h12-16,26H,3-11,21-22H2,1-2H3,(H,23,27)(H,24,28)(H,30,31). The van der Waals surface area contributed by atoms with Crippen LogP contribution in [-0.4, -0.2) is 82.7 Å². The molecule has 0 aromatic heterocycles. The molecule has 0 spiro atoms. The Hall–Kier alpha value is -2.24. The summed E-state index contributed by atoms with van der Waals surface area (Å²) in [6, 6.07) is -3.89. The largest absolute Gasteiger partial charge is 0.480 e. The number of carboxylic acid groups (broad SMARTS) is 1. The molecule has 11 heteroatoms. The highest BCUT2D eigenvalue weighted by molar-refractivity contribution is 5.94. The van der Waals surface area contributed by atoms with Crippen LogP contribution in [0.3, 0.4) is 0 Å². The van der Waals surface area contributed by atoms with Crippen molar-refractivity contribution in [2.45, 2.75) is 76.5 Å². The maximum atomic E-state index is 13.2. The Morgan fingerprint density at radius 3 is 2.35 bits per heavy atom. The molecular weight excluding hydrogens is 406 g/mol. The van der Waals surface area contributed by atoms with Crippen molar-refractivity contribution in [1.29, 1.82) is 0 Å². The van der Waals surface area contributed by atoms with Gasteiger partial charge in [0.15, 0.2) is 0 Å². The quantitative estimate of drug-likeness (QED) is 0.186. The number of rotatable bonds is 13. The molecule has 8 N–H and O–H groups in total. The van der Waals surface area contributed by atoms with Gasteiger partial charge in [-0.2, -0.15) is 0 Å². The first-order valence-electron chi connectivity index (χ1n) is 10.8. The van der Waals surface area contributed by atoms with Crippen LogP contribution in [-0.2, 0) is 19.2 Å². The third kappa shape index (κ3) is 8.42. The van der Waals surface area contributed by atoms with Crippen LogP contribution in [0.2, 0.25) is 0 Å². The minimum Gasteiger partial charge on any atom is -0.480 e. The highest BCUT2D eigenvalue weighted by Crippen LogP contribution is 2.21. The maximum absolute atomic E-state index is 13.2. The number of nitrogens with one attached hydrogen (secondary N) is 2. The van der Waals surface area contributed by atoms with E-state index in [0.717, 1.165) is 6.42 Å². The molecule has 0 aromatic carbocycles. The third-order valence-electron chi connectivity index (χ3n) is 5.26. The molecule has 1 aliphatic heterocycles. The predicted molar refractivity (Wildman–Crippen MR) is 114 cm³/mol. The van der Waals surface area contributed by atoms with E-state index in [2.05, 4.69) is 10.6 Å². The van der Waals surface area contributed by atoms with E-state index in [1.54, 1.807) is 0 Å². The van der Waals surface area contributed by atoms with Crippen molar-refractivity contribution in [3.8, 4) is 0 Å². The van der Waals surface area contributed by atoms with E-state index in [1.165, 1.54) is 4.90 Å². The van der Waals surface area contributed by atoms with Gasteiger partial charge in [0, 0.05) is 6.54 Å². The SMILES string of the molecule is CC(C)CC(NC(=O)C(N)CCCCN)C(=O)N1CCCC1C(=O)NC(CO)C(=O)O. The van der Waals surface area contributed by atoms with Gasteiger partial charge in [0.05, 0.1) is 12.6 Å². The molecular formula is C20H37N5O6. The first-order chi connectivity index (χ1) is 14.6. The molecule has 0 aliphatic carbocycles. The van der Waals surface area contributed by atoms with Crippen molar-refractivity contribution < 1.29 is 29.4 Å². The number of nitrogens with zero attached hydrogens (tertiary/aromatic N) is 1. The molecule has 0 radical (unpaired) electrons. The Kier molecular flexibility index (Phi) is 11.4. The van der Waals surface area contributed by atoms with Gasteiger partial charge in [-0.25, -0.2) is 4.79 Å². The van der Waals surface area contributed by atoms with Crippen LogP contribution in [0.25, 0.3) is 0 Å². The van der Waals surface area contributed by atoms with Crippen molar-refractivity contribution in [2.24, 2.45) is 17.4 Å². The fourth-order valence-electron chi connectivity index (χ4n) is 3.57. The van der Waals surface area contributed by atoms with E-state index in [9.17, 15) is 19.2 Å². The minimum absolute atomic E-state index is 0.100. The van der Waals surface area contributed by atoms with E-state index >= 15 is 0 Å². The normalized spacial score (nSPS) is 19.0. The first kappa shape index (κ1) is 26.8. The van der Waals surface area contributed by atoms with E-state index in [1.807, 2.05) is 13.8 Å². The second kappa shape index (κ2) is 13.2. The molecule has 4 atom stereocenters. The van der Waals surface area contributed by atoms with Gasteiger partial charge in [-0.1, -0.05) is 20.3 Å². The van der Waals surface area contributed by atoms with Crippen LogP contribution < -0.4 is 22.1 Å². The Balaban J connectivity index is 2.86. The van der Waals surface area contributed by atoms with Gasteiger partial charge in [0.2, 0.25) is 17.7 Å². The summed E-state index contributed by atoms with van der Waals surface area (Å²) in [7, 11) is 0. The predicted octanol–water partition coefficient (Wildman–Crippen LogP) is -1.47. The number of likely N-dealkylation sites (tertiary alicyclic amines) is 1. The topological polar surface area (TPSA) is 188 Å². The van der Waals surface area contributed by atoms with Crippen LogP contribution in [0.15, 0.2) is 0 Å². The molecule has 0 aromatic rings. The number of aliphatic hydroxyl groups is 1. The molecule has 1 rings (SSSR count). The van der Waals surface area contributed by atoms with Crippen molar-refractivity contribution in [2.75, 3.05) is 19.7 Å². The summed E-state index contributed by atoms with van der Waals surface area (Å²) in [5, 5.41) is 23.2. The molecule has 0 saturated carbocycles. The number of hydrogen-bond donors (Lipinski definition) is 6. The zero-order valence-corrected chi connectivity index (χ0v) is 18.4. The molecule has 0 bridgehead atoms. The summed E-state index contributed by atoms with van der Waals surface area (Å²) in [6.45, 7) is 3.91. The van der Waals surface area contributed by atoms with E-state index in [0.29, 0.717) is 45.2 Å². The number of carboxylic acids is 1. The molecule has 1 saturated heterocycles. The lowest BCUT2D eigenvalue weighted by atomic mass is 10.0. The van der Waals surface area contributed by atoms with Gasteiger partial charge in [-0.3, -0.25) is 14.4 Å². The zero-order chi connectivity index (χ0) is 23.6. The van der Waals surface area contributed by atoms with Gasteiger partial charge in [-0.15, -0.1) is 0 Å². The van der Waals surface area contributed by atoms with E-state index in [-0.39, 0.29) is 5.92 Å². The van der Waals surface area contributed by atoms with Crippen molar-refractivity contribution in [1.82, 2.24) is 15.5 Å². The molecule has 31 heavy (non-hydrogen) atoms. The van der Waals surface area contributed by atoms with Gasteiger partial charge in [-0.05, 0) is 44.6 Å². The Labute approximate surface area is 182 Å². The zero-order valence-electron chi connectivity index (χ0n) is 18.4. The summed E-state index contributed by atoms with van der Waals surface area (Å²) in [4.78, 5) is 50.7. The van der Waals surface area contributed by atoms with Crippen molar-refractivity contribution in [3.63, 3.8) is 0 Å². The van der Waals surface area contributed by atoms with Crippen LogP contribution in [0.5, 0.6) is 0 Å². The Morgan fingerprint density at radius 1 is 1.13 bits per heavy atom. The maximum Gasteiger partial charge on any atom is 0.328 e. The van der Waals surface area contributed by atoms with Gasteiger partial charge >= 0.3 is 5.97 Å². The second-order valence-corrected chi connectivity index (χ2v) is 8.35. The van der Waals surface area contributed by atoms with Crippen molar-refractivity contribution >= 4 is 23.7 Å². The molecule has 1 fully saturated rings. The number of amides is 3. The first-order valence-corrected chi connectivity index (χ1v) is 10.8. The average Bonchev–Trinajstić information content (AvgIpc) is 3.20. The lowest BCUT2D eigenvalue weighted by molar-refractivity contribution is -0.145. The van der Waals surface area contributed by atoms with Gasteiger partial charge in [0.1, 0.15) is 18.1 Å². The van der Waals surface area contributed by atoms with E-state index < -0.39 is 54.5 Å². The molecule has 4 unspecified atom stereocenters. The number of aliphatic carboxylic acids is 1. The summed E-state index contributed by atoms with van der Waals surface area (Å²) >= 11 is 0. The summed E-state index contributed by atoms with van der Waals surface area (Å²) in [5.41, 5.74) is 11.4. The smallest absolute Gasteiger partial charge is 0.328 e. The van der Waals surface area contributed by atoms with Crippen LogP contribution in [0.4, 0.5) is 0 Å². The lowest BCUT2D eigenvalue weighted by Crippen LogP contribution is -2.57. The molecule has 11 nitrogen and oxygen atoms in total. The summed E-state index contributed by atoms with van der Waals surface area (Å²) < 4.78 is 0.